The molecule has 1 fully saturated rings. The summed E-state index contributed by atoms with van der Waals surface area (Å²) in [4.78, 5) is 11.1. The van der Waals surface area contributed by atoms with Crippen molar-refractivity contribution in [2.24, 2.45) is 5.92 Å². The zero-order valence-corrected chi connectivity index (χ0v) is 14.0. The van der Waals surface area contributed by atoms with E-state index in [9.17, 15) is 17.6 Å². The van der Waals surface area contributed by atoms with Gasteiger partial charge in [0.15, 0.2) is 0 Å². The van der Waals surface area contributed by atoms with Gasteiger partial charge in [-0.2, -0.15) is 17.0 Å². The molecule has 1 aromatic rings. The third-order valence-electron chi connectivity index (χ3n) is 4.05. The first kappa shape index (κ1) is 17.8. The van der Waals surface area contributed by atoms with E-state index >= 15 is 0 Å². The molecule has 1 saturated heterocycles. The van der Waals surface area contributed by atoms with Crippen LogP contribution in [0, 0.1) is 18.7 Å². The van der Waals surface area contributed by atoms with Gasteiger partial charge in [0.05, 0.1) is 5.92 Å². The van der Waals surface area contributed by atoms with Crippen LogP contribution in [0.4, 0.5) is 4.39 Å². The maximum absolute atomic E-state index is 13.8. The zero-order valence-electron chi connectivity index (χ0n) is 13.2. The number of hydrogen-bond acceptors (Lipinski definition) is 3. The topological polar surface area (TPSA) is 77.9 Å². The number of nitrogens with zero attached hydrogens (tertiary/aromatic N) is 2. The summed E-state index contributed by atoms with van der Waals surface area (Å²) in [5, 5.41) is 9.08. The van der Waals surface area contributed by atoms with Crippen LogP contribution in [0.2, 0.25) is 0 Å². The first-order valence-electron chi connectivity index (χ1n) is 7.41. The van der Waals surface area contributed by atoms with Crippen molar-refractivity contribution in [1.82, 2.24) is 8.61 Å². The maximum Gasteiger partial charge on any atom is 0.307 e. The third-order valence-corrected chi connectivity index (χ3v) is 5.95. The number of hydrogen-bond donors (Lipinski definition) is 1. The van der Waals surface area contributed by atoms with Crippen LogP contribution in [-0.2, 0) is 21.5 Å². The molecule has 0 bridgehead atoms. The van der Waals surface area contributed by atoms with Gasteiger partial charge < -0.3 is 5.11 Å². The Morgan fingerprint density at radius 1 is 1.48 bits per heavy atom. The number of carboxylic acids is 1. The van der Waals surface area contributed by atoms with Crippen LogP contribution in [0.25, 0.3) is 0 Å². The lowest BCUT2D eigenvalue weighted by molar-refractivity contribution is -0.142. The lowest BCUT2D eigenvalue weighted by atomic mass is 10.0. The molecule has 2 rings (SSSR count). The van der Waals surface area contributed by atoms with Gasteiger partial charge in [0.2, 0.25) is 0 Å². The van der Waals surface area contributed by atoms with Gasteiger partial charge in [0.1, 0.15) is 5.82 Å². The fourth-order valence-corrected chi connectivity index (χ4v) is 4.12. The maximum atomic E-state index is 13.8. The van der Waals surface area contributed by atoms with Gasteiger partial charge in [-0.3, -0.25) is 4.79 Å². The average molecular weight is 344 g/mol. The lowest BCUT2D eigenvalue weighted by Gasteiger charge is -2.32. The predicted octanol–water partition coefficient (Wildman–Crippen LogP) is 1.61. The monoisotopic (exact) mass is 344 g/mol. The largest absolute Gasteiger partial charge is 0.481 e. The lowest BCUT2D eigenvalue weighted by Crippen LogP contribution is -2.47. The fraction of sp³-hybridized carbons (Fsp3) is 0.533. The van der Waals surface area contributed by atoms with Gasteiger partial charge in [-0.1, -0.05) is 17.7 Å². The van der Waals surface area contributed by atoms with Crippen molar-refractivity contribution in [2.75, 3.05) is 20.1 Å². The minimum absolute atomic E-state index is 0.0433. The standard InChI is InChI=1S/C15H21FN2O4S/c1-11-5-6-14(16)13(8-11)9-17(2)23(21,22)18-7-3-4-12(10-18)15(19)20/h5-6,8,12H,3-4,7,9-10H2,1-2H3,(H,19,20). The molecule has 1 aromatic carbocycles. The highest BCUT2D eigenvalue weighted by atomic mass is 32.2. The van der Waals surface area contributed by atoms with E-state index in [1.54, 1.807) is 19.1 Å². The van der Waals surface area contributed by atoms with Crippen molar-refractivity contribution in [2.45, 2.75) is 26.3 Å². The Balaban J connectivity index is 2.15. The van der Waals surface area contributed by atoms with E-state index in [1.165, 1.54) is 17.4 Å². The highest BCUT2D eigenvalue weighted by Gasteiger charge is 2.34. The van der Waals surface area contributed by atoms with Gasteiger partial charge >= 0.3 is 5.97 Å². The highest BCUT2D eigenvalue weighted by molar-refractivity contribution is 7.86. The third kappa shape index (κ3) is 4.07. The Morgan fingerprint density at radius 3 is 2.83 bits per heavy atom. The van der Waals surface area contributed by atoms with Crippen molar-refractivity contribution in [3.8, 4) is 0 Å². The summed E-state index contributed by atoms with van der Waals surface area (Å²) in [6.07, 6.45) is 0.973. The van der Waals surface area contributed by atoms with E-state index in [0.29, 0.717) is 18.4 Å². The molecule has 8 heteroatoms. The van der Waals surface area contributed by atoms with Gasteiger partial charge in [0.25, 0.3) is 10.2 Å². The molecule has 1 aliphatic rings. The van der Waals surface area contributed by atoms with Gasteiger partial charge in [-0.05, 0) is 25.8 Å². The molecule has 1 aliphatic heterocycles. The molecular formula is C15H21FN2O4S. The number of aryl methyl sites for hydroxylation is 1. The Kier molecular flexibility index (Phi) is 5.38. The average Bonchev–Trinajstić information content (AvgIpc) is 2.51. The number of piperidine rings is 1. The Morgan fingerprint density at radius 2 is 2.17 bits per heavy atom. The molecule has 0 amide bonds. The van der Waals surface area contributed by atoms with Crippen LogP contribution in [0.3, 0.4) is 0 Å². The predicted molar refractivity (Wildman–Crippen MR) is 83.5 cm³/mol. The normalized spacial score (nSPS) is 19.9. The van der Waals surface area contributed by atoms with E-state index in [1.807, 2.05) is 0 Å². The van der Waals surface area contributed by atoms with Crippen LogP contribution in [0.5, 0.6) is 0 Å². The van der Waals surface area contributed by atoms with Crippen LogP contribution in [-0.4, -0.2) is 48.2 Å². The van der Waals surface area contributed by atoms with Crippen molar-refractivity contribution in [3.63, 3.8) is 0 Å². The molecule has 1 N–H and O–H groups in total. The number of halogens is 1. The molecule has 0 radical (unpaired) electrons. The van der Waals surface area contributed by atoms with E-state index in [0.717, 1.165) is 9.87 Å². The van der Waals surface area contributed by atoms with Crippen LogP contribution >= 0.6 is 0 Å². The second-order valence-corrected chi connectivity index (χ2v) is 7.93. The number of carbonyl (C=O) groups is 1. The van der Waals surface area contributed by atoms with Crippen molar-refractivity contribution < 1.29 is 22.7 Å². The molecule has 6 nitrogen and oxygen atoms in total. The summed E-state index contributed by atoms with van der Waals surface area (Å²) >= 11 is 0. The highest BCUT2D eigenvalue weighted by Crippen LogP contribution is 2.22. The number of benzene rings is 1. The summed E-state index contributed by atoms with van der Waals surface area (Å²) in [6.45, 7) is 1.95. The summed E-state index contributed by atoms with van der Waals surface area (Å²) in [7, 11) is -2.44. The van der Waals surface area contributed by atoms with E-state index in [-0.39, 0.29) is 19.6 Å². The molecule has 1 heterocycles. The van der Waals surface area contributed by atoms with Crippen molar-refractivity contribution in [3.05, 3.63) is 35.1 Å². The second kappa shape index (κ2) is 6.94. The van der Waals surface area contributed by atoms with Crippen LogP contribution in [0.15, 0.2) is 18.2 Å². The van der Waals surface area contributed by atoms with Crippen LogP contribution < -0.4 is 0 Å². The van der Waals surface area contributed by atoms with E-state index in [2.05, 4.69) is 0 Å². The number of aliphatic carboxylic acids is 1. The molecule has 128 valence electrons. The van der Waals surface area contributed by atoms with Crippen LogP contribution in [0.1, 0.15) is 24.0 Å². The molecule has 1 atom stereocenters. The van der Waals surface area contributed by atoms with Crippen molar-refractivity contribution >= 4 is 16.2 Å². The van der Waals surface area contributed by atoms with E-state index in [4.69, 9.17) is 5.11 Å². The summed E-state index contributed by atoms with van der Waals surface area (Å²) in [6, 6.07) is 4.54. The molecular weight excluding hydrogens is 323 g/mol. The number of rotatable bonds is 5. The first-order chi connectivity index (χ1) is 10.7. The zero-order chi connectivity index (χ0) is 17.2. The summed E-state index contributed by atoms with van der Waals surface area (Å²) in [5.41, 5.74) is 1.14. The molecule has 0 aliphatic carbocycles. The summed E-state index contributed by atoms with van der Waals surface area (Å²) in [5.74, 6) is -2.14. The number of carboxylic acid groups (broad SMARTS) is 1. The first-order valence-corrected chi connectivity index (χ1v) is 8.80. The minimum Gasteiger partial charge on any atom is -0.481 e. The Bertz CT molecular complexity index is 693. The van der Waals surface area contributed by atoms with Gasteiger partial charge in [-0.25, -0.2) is 4.39 Å². The molecule has 1 unspecified atom stereocenters. The quantitative estimate of drug-likeness (QED) is 0.880. The minimum atomic E-state index is -3.82. The van der Waals surface area contributed by atoms with E-state index < -0.39 is 27.9 Å². The molecule has 0 aromatic heterocycles. The summed E-state index contributed by atoms with van der Waals surface area (Å²) < 4.78 is 41.2. The second-order valence-electron chi connectivity index (χ2n) is 5.89. The molecule has 0 saturated carbocycles. The van der Waals surface area contributed by atoms with Gasteiger partial charge in [-0.15, -0.1) is 0 Å². The molecule has 23 heavy (non-hydrogen) atoms. The molecule has 0 spiro atoms. The SMILES string of the molecule is Cc1ccc(F)c(CN(C)S(=O)(=O)N2CCCC(C(=O)O)C2)c1. The Labute approximate surface area is 135 Å². The van der Waals surface area contributed by atoms with Crippen molar-refractivity contribution in [1.29, 1.82) is 0 Å². The smallest absolute Gasteiger partial charge is 0.307 e. The van der Waals surface area contributed by atoms with Gasteiger partial charge in [0, 0.05) is 32.2 Å². The Hall–Kier alpha value is -1.51. The fourth-order valence-electron chi connectivity index (χ4n) is 2.70.